The Morgan fingerprint density at radius 1 is 1.29 bits per heavy atom. The first-order valence-electron chi connectivity index (χ1n) is 6.56. The second-order valence-corrected chi connectivity index (χ2v) is 6.98. The van der Waals surface area contributed by atoms with Gasteiger partial charge in [0.2, 0.25) is 5.78 Å². The fraction of sp³-hybridized carbons (Fsp3) is 0.333. The summed E-state index contributed by atoms with van der Waals surface area (Å²) < 4.78 is 3.38. The lowest BCUT2D eigenvalue weighted by molar-refractivity contribution is 0.102. The molecular formula is C15H17Br2N3O. The van der Waals surface area contributed by atoms with Gasteiger partial charge in [0.25, 0.3) is 0 Å². The number of hydrogen-bond acceptors (Lipinski definition) is 3. The second-order valence-electron chi connectivity index (χ2n) is 5.21. The molecule has 0 aliphatic carbocycles. The molecule has 0 saturated heterocycles. The maximum atomic E-state index is 12.8. The molecule has 0 bridgehead atoms. The maximum Gasteiger partial charge on any atom is 0.212 e. The third-order valence-corrected chi connectivity index (χ3v) is 4.11. The van der Waals surface area contributed by atoms with Crippen molar-refractivity contribution in [1.82, 2.24) is 14.7 Å². The molecule has 112 valence electrons. The van der Waals surface area contributed by atoms with Gasteiger partial charge in [-0.3, -0.25) is 9.48 Å². The molecule has 0 fully saturated rings. The Labute approximate surface area is 141 Å². The van der Waals surface area contributed by atoms with Gasteiger partial charge < -0.3 is 4.90 Å². The van der Waals surface area contributed by atoms with Crippen molar-refractivity contribution in [2.24, 2.45) is 0 Å². The van der Waals surface area contributed by atoms with Crippen LogP contribution in [0.4, 0.5) is 0 Å². The zero-order valence-corrected chi connectivity index (χ0v) is 15.4. The molecule has 0 atom stereocenters. The van der Waals surface area contributed by atoms with Gasteiger partial charge in [0, 0.05) is 16.6 Å². The summed E-state index contributed by atoms with van der Waals surface area (Å²) in [6.45, 7) is 3.47. The third kappa shape index (κ3) is 4.02. The number of aromatic nitrogens is 2. The van der Waals surface area contributed by atoms with Crippen molar-refractivity contribution < 1.29 is 4.79 Å². The van der Waals surface area contributed by atoms with Crippen LogP contribution in [0.25, 0.3) is 0 Å². The van der Waals surface area contributed by atoms with Gasteiger partial charge in [0.05, 0.1) is 17.2 Å². The van der Waals surface area contributed by atoms with E-state index in [1.165, 1.54) is 0 Å². The van der Waals surface area contributed by atoms with E-state index in [9.17, 15) is 4.79 Å². The monoisotopic (exact) mass is 413 g/mol. The summed E-state index contributed by atoms with van der Waals surface area (Å²) >= 11 is 6.87. The van der Waals surface area contributed by atoms with Gasteiger partial charge in [-0.25, -0.2) is 0 Å². The molecule has 1 heterocycles. The predicted octanol–water partition coefficient (Wildman–Crippen LogP) is 3.51. The van der Waals surface area contributed by atoms with E-state index in [1.807, 2.05) is 39.2 Å². The molecule has 6 heteroatoms. The average molecular weight is 415 g/mol. The lowest BCUT2D eigenvalue weighted by Crippen LogP contribution is -2.21. The second kappa shape index (κ2) is 6.85. The number of aryl methyl sites for hydroxylation is 1. The van der Waals surface area contributed by atoms with Crippen LogP contribution in [0.1, 0.15) is 21.6 Å². The quantitative estimate of drug-likeness (QED) is 0.702. The molecule has 1 aromatic carbocycles. The number of ketones is 1. The number of hydrogen-bond donors (Lipinski definition) is 0. The molecule has 0 unspecified atom stereocenters. The first-order chi connectivity index (χ1) is 9.88. The summed E-state index contributed by atoms with van der Waals surface area (Å²) in [6, 6.07) is 5.71. The Morgan fingerprint density at radius 2 is 2.00 bits per heavy atom. The molecule has 0 spiro atoms. The molecule has 0 saturated carbocycles. The molecule has 2 rings (SSSR count). The molecule has 21 heavy (non-hydrogen) atoms. The van der Waals surface area contributed by atoms with Gasteiger partial charge in [-0.1, -0.05) is 15.9 Å². The van der Waals surface area contributed by atoms with Crippen molar-refractivity contribution in [3.8, 4) is 0 Å². The lowest BCUT2D eigenvalue weighted by Gasteiger charge is -2.12. The molecule has 0 aliphatic rings. The van der Waals surface area contributed by atoms with Crippen LogP contribution in [-0.2, 0) is 6.54 Å². The minimum Gasteiger partial charge on any atom is -0.308 e. The first-order valence-corrected chi connectivity index (χ1v) is 8.15. The fourth-order valence-electron chi connectivity index (χ4n) is 2.06. The van der Waals surface area contributed by atoms with Gasteiger partial charge in [-0.05, 0) is 60.7 Å². The normalized spacial score (nSPS) is 11.1. The van der Waals surface area contributed by atoms with Crippen molar-refractivity contribution in [3.63, 3.8) is 0 Å². The van der Waals surface area contributed by atoms with E-state index in [0.29, 0.717) is 17.8 Å². The summed E-state index contributed by atoms with van der Waals surface area (Å²) in [4.78, 5) is 14.8. The topological polar surface area (TPSA) is 38.1 Å². The molecule has 4 nitrogen and oxygen atoms in total. The Bertz CT molecular complexity index is 645. The summed E-state index contributed by atoms with van der Waals surface area (Å²) in [6.07, 6.45) is 1.67. The van der Waals surface area contributed by atoms with Crippen LogP contribution < -0.4 is 0 Å². The van der Waals surface area contributed by atoms with E-state index < -0.39 is 0 Å². The Kier molecular flexibility index (Phi) is 5.35. The highest BCUT2D eigenvalue weighted by atomic mass is 79.9. The first kappa shape index (κ1) is 16.4. The number of nitrogens with zero attached hydrogens (tertiary/aromatic N) is 3. The molecule has 0 aliphatic heterocycles. The van der Waals surface area contributed by atoms with Crippen molar-refractivity contribution in [3.05, 3.63) is 50.2 Å². The van der Waals surface area contributed by atoms with Gasteiger partial charge in [0.15, 0.2) is 0 Å². The van der Waals surface area contributed by atoms with Gasteiger partial charge >= 0.3 is 0 Å². The van der Waals surface area contributed by atoms with E-state index in [1.54, 1.807) is 10.9 Å². The summed E-state index contributed by atoms with van der Waals surface area (Å²) in [5, 5.41) is 4.29. The SMILES string of the molecule is Cc1cc(Br)cc(C(=O)c2c(Br)cnn2CCN(C)C)c1. The fourth-order valence-corrected chi connectivity index (χ4v) is 3.14. The Hall–Kier alpha value is -0.980. The Balaban J connectivity index is 2.36. The van der Waals surface area contributed by atoms with Crippen LogP contribution in [0.15, 0.2) is 33.3 Å². The van der Waals surface area contributed by atoms with Crippen molar-refractivity contribution in [1.29, 1.82) is 0 Å². The minimum atomic E-state index is -0.0254. The van der Waals surface area contributed by atoms with Crippen molar-refractivity contribution in [2.75, 3.05) is 20.6 Å². The minimum absolute atomic E-state index is 0.0254. The smallest absolute Gasteiger partial charge is 0.212 e. The van der Waals surface area contributed by atoms with Crippen LogP contribution in [0.3, 0.4) is 0 Å². The molecule has 1 aromatic heterocycles. The number of carbonyl (C=O) groups is 1. The van der Waals surface area contributed by atoms with Crippen molar-refractivity contribution >= 4 is 37.6 Å². The average Bonchev–Trinajstić information content (AvgIpc) is 2.75. The molecule has 0 N–H and O–H groups in total. The predicted molar refractivity (Wildman–Crippen MR) is 90.8 cm³/mol. The van der Waals surface area contributed by atoms with E-state index in [-0.39, 0.29) is 5.78 Å². The molecule has 0 radical (unpaired) electrons. The standard InChI is InChI=1S/C15H17Br2N3O/c1-10-6-11(8-12(16)7-10)15(21)14-13(17)9-18-20(14)5-4-19(2)3/h6-9H,4-5H2,1-3H3. The van der Waals surface area contributed by atoms with Crippen molar-refractivity contribution in [2.45, 2.75) is 13.5 Å². The highest BCUT2D eigenvalue weighted by molar-refractivity contribution is 9.10. The zero-order valence-electron chi connectivity index (χ0n) is 12.2. The molecule has 2 aromatic rings. The largest absolute Gasteiger partial charge is 0.308 e. The number of rotatable bonds is 5. The Morgan fingerprint density at radius 3 is 2.62 bits per heavy atom. The van der Waals surface area contributed by atoms with Gasteiger partial charge in [0.1, 0.15) is 5.69 Å². The van der Waals surface area contributed by atoms with E-state index in [2.05, 4.69) is 41.9 Å². The third-order valence-electron chi connectivity index (χ3n) is 3.07. The number of halogens is 2. The van der Waals surface area contributed by atoms with Crippen LogP contribution >= 0.6 is 31.9 Å². The van der Waals surface area contributed by atoms with E-state index in [0.717, 1.165) is 21.1 Å². The van der Waals surface area contributed by atoms with Gasteiger partial charge in [-0.15, -0.1) is 0 Å². The molecule has 0 amide bonds. The zero-order chi connectivity index (χ0) is 15.6. The van der Waals surface area contributed by atoms with Crippen LogP contribution in [0.2, 0.25) is 0 Å². The van der Waals surface area contributed by atoms with Crippen LogP contribution in [0, 0.1) is 6.92 Å². The number of benzene rings is 1. The van der Waals surface area contributed by atoms with Crippen LogP contribution in [-0.4, -0.2) is 41.1 Å². The summed E-state index contributed by atoms with van der Waals surface area (Å²) in [5.41, 5.74) is 2.30. The van der Waals surface area contributed by atoms with E-state index >= 15 is 0 Å². The number of likely N-dealkylation sites (N-methyl/N-ethyl adjacent to an activating group) is 1. The maximum absolute atomic E-state index is 12.8. The molecular weight excluding hydrogens is 398 g/mol. The van der Waals surface area contributed by atoms with Gasteiger partial charge in [-0.2, -0.15) is 5.10 Å². The highest BCUT2D eigenvalue weighted by Crippen LogP contribution is 2.23. The summed E-state index contributed by atoms with van der Waals surface area (Å²) in [5.74, 6) is -0.0254. The highest BCUT2D eigenvalue weighted by Gasteiger charge is 2.19. The van der Waals surface area contributed by atoms with E-state index in [4.69, 9.17) is 0 Å². The van der Waals surface area contributed by atoms with Crippen LogP contribution in [0.5, 0.6) is 0 Å². The number of carbonyl (C=O) groups excluding carboxylic acids is 1. The lowest BCUT2D eigenvalue weighted by atomic mass is 10.1. The summed E-state index contributed by atoms with van der Waals surface area (Å²) in [7, 11) is 4.00.